The molecule has 0 aliphatic carbocycles. The summed E-state index contributed by atoms with van der Waals surface area (Å²) in [5, 5.41) is 5.61. The van der Waals surface area contributed by atoms with Gasteiger partial charge in [-0.2, -0.15) is 0 Å². The van der Waals surface area contributed by atoms with Crippen LogP contribution < -0.4 is 16.4 Å². The van der Waals surface area contributed by atoms with Crippen LogP contribution in [0.25, 0.3) is 0 Å². The molecule has 0 unspecified atom stereocenters. The van der Waals surface area contributed by atoms with Gasteiger partial charge in [0, 0.05) is 5.69 Å². The van der Waals surface area contributed by atoms with Gasteiger partial charge in [0.05, 0.1) is 29.6 Å². The maximum Gasteiger partial charge on any atom is 0.340 e. The molecule has 3 aromatic rings. The summed E-state index contributed by atoms with van der Waals surface area (Å²) >= 11 is 0. The fourth-order valence-electron chi connectivity index (χ4n) is 2.61. The van der Waals surface area contributed by atoms with Crippen molar-refractivity contribution in [2.24, 2.45) is 5.73 Å². The minimum atomic E-state index is -0.672. The first-order valence-corrected chi connectivity index (χ1v) is 8.75. The Bertz CT molecular complexity index is 1010. The van der Waals surface area contributed by atoms with E-state index in [1.54, 1.807) is 48.7 Å². The molecule has 0 atom stereocenters. The van der Waals surface area contributed by atoms with Crippen molar-refractivity contribution in [3.63, 3.8) is 0 Å². The molecule has 4 N–H and O–H groups in total. The van der Waals surface area contributed by atoms with Gasteiger partial charge in [0.2, 0.25) is 0 Å². The number of carbonyl (C=O) groups excluding carboxylic acids is 3. The number of hydrogen-bond donors (Lipinski definition) is 3. The van der Waals surface area contributed by atoms with Crippen LogP contribution in [0, 0.1) is 0 Å². The second-order valence-corrected chi connectivity index (χ2v) is 6.01. The van der Waals surface area contributed by atoms with Gasteiger partial charge in [-0.15, -0.1) is 0 Å². The Morgan fingerprint density at radius 1 is 0.897 bits per heavy atom. The lowest BCUT2D eigenvalue weighted by Gasteiger charge is -2.12. The zero-order valence-electron chi connectivity index (χ0n) is 15.4. The molecule has 0 aliphatic heterocycles. The third kappa shape index (κ3) is 5.23. The highest BCUT2D eigenvalue weighted by atomic mass is 16.5. The maximum atomic E-state index is 12.4. The quantitative estimate of drug-likeness (QED) is 0.506. The van der Waals surface area contributed by atoms with E-state index in [0.29, 0.717) is 18.0 Å². The van der Waals surface area contributed by atoms with Crippen LogP contribution in [0.4, 0.5) is 11.4 Å². The number of benzene rings is 2. The lowest BCUT2D eigenvalue weighted by atomic mass is 10.1. The van der Waals surface area contributed by atoms with Crippen LogP contribution in [0.15, 0.2) is 71.3 Å². The predicted molar refractivity (Wildman–Crippen MR) is 106 cm³/mol. The lowest BCUT2D eigenvalue weighted by Crippen LogP contribution is -2.23. The van der Waals surface area contributed by atoms with Crippen molar-refractivity contribution >= 4 is 29.2 Å². The topological polar surface area (TPSA) is 124 Å². The van der Waals surface area contributed by atoms with Crippen molar-refractivity contribution in [1.82, 2.24) is 0 Å². The third-order valence-corrected chi connectivity index (χ3v) is 3.98. The number of anilines is 2. The third-order valence-electron chi connectivity index (χ3n) is 3.98. The fourth-order valence-corrected chi connectivity index (χ4v) is 2.61. The maximum absolute atomic E-state index is 12.4. The number of rotatable bonds is 8. The Labute approximate surface area is 166 Å². The normalized spacial score (nSPS) is 10.2. The first-order valence-electron chi connectivity index (χ1n) is 8.75. The smallest absolute Gasteiger partial charge is 0.340 e. The van der Waals surface area contributed by atoms with Crippen molar-refractivity contribution in [3.8, 4) is 0 Å². The first-order chi connectivity index (χ1) is 14.0. The molecule has 29 heavy (non-hydrogen) atoms. The molecule has 8 heteroatoms. The second kappa shape index (κ2) is 9.23. The van der Waals surface area contributed by atoms with Gasteiger partial charge in [-0.05, 0) is 36.4 Å². The van der Waals surface area contributed by atoms with Crippen LogP contribution in [-0.2, 0) is 16.1 Å². The largest absolute Gasteiger partial charge is 0.467 e. The molecule has 0 bridgehead atoms. The fraction of sp³-hybridized carbons (Fsp3) is 0.0952. The van der Waals surface area contributed by atoms with Gasteiger partial charge in [0.15, 0.2) is 6.61 Å². The Morgan fingerprint density at radius 2 is 1.59 bits per heavy atom. The van der Waals surface area contributed by atoms with Gasteiger partial charge in [-0.25, -0.2) is 4.79 Å². The van der Waals surface area contributed by atoms with Crippen LogP contribution in [-0.4, -0.2) is 24.4 Å². The number of amides is 2. The minimum Gasteiger partial charge on any atom is -0.467 e. The average molecular weight is 393 g/mol. The summed E-state index contributed by atoms with van der Waals surface area (Å²) in [6, 6.07) is 16.7. The summed E-state index contributed by atoms with van der Waals surface area (Å²) < 4.78 is 10.4. The summed E-state index contributed by atoms with van der Waals surface area (Å²) in [5.74, 6) is -1.21. The number of para-hydroxylation sites is 2. The molecule has 0 radical (unpaired) electrons. The number of ether oxygens (including phenoxy) is 1. The van der Waals surface area contributed by atoms with Gasteiger partial charge in [-0.3, -0.25) is 9.59 Å². The van der Waals surface area contributed by atoms with Crippen LogP contribution in [0.1, 0.15) is 26.5 Å². The highest BCUT2D eigenvalue weighted by Gasteiger charge is 2.16. The molecule has 2 aromatic carbocycles. The Kier molecular flexibility index (Phi) is 6.26. The lowest BCUT2D eigenvalue weighted by molar-refractivity contribution is -0.119. The summed E-state index contributed by atoms with van der Waals surface area (Å²) in [5.41, 5.74) is 6.53. The van der Waals surface area contributed by atoms with Crippen molar-refractivity contribution in [1.29, 1.82) is 0 Å². The van der Waals surface area contributed by atoms with Crippen molar-refractivity contribution < 1.29 is 23.5 Å². The van der Waals surface area contributed by atoms with Gasteiger partial charge in [0.25, 0.3) is 11.8 Å². The Balaban J connectivity index is 1.59. The molecule has 1 heterocycles. The molecule has 3 rings (SSSR count). The van der Waals surface area contributed by atoms with Crippen molar-refractivity contribution in [2.75, 3.05) is 17.2 Å². The molecule has 0 spiro atoms. The van der Waals surface area contributed by atoms with Crippen LogP contribution in [0.3, 0.4) is 0 Å². The van der Waals surface area contributed by atoms with E-state index in [1.165, 1.54) is 12.1 Å². The van der Waals surface area contributed by atoms with Gasteiger partial charge in [0.1, 0.15) is 5.76 Å². The van der Waals surface area contributed by atoms with E-state index in [-0.39, 0.29) is 16.8 Å². The molecule has 1 aromatic heterocycles. The molecule has 0 saturated carbocycles. The SMILES string of the molecule is NC(=O)c1ccccc1NC(=O)COC(=O)c1ccccc1NCc1ccco1. The minimum absolute atomic E-state index is 0.166. The van der Waals surface area contributed by atoms with Gasteiger partial charge >= 0.3 is 5.97 Å². The molecule has 2 amide bonds. The first kappa shape index (κ1) is 19.7. The van der Waals surface area contributed by atoms with Crippen molar-refractivity contribution in [2.45, 2.75) is 6.54 Å². The molecule has 8 nitrogen and oxygen atoms in total. The summed E-state index contributed by atoms with van der Waals surface area (Å²) in [7, 11) is 0. The predicted octanol–water partition coefficient (Wildman–Crippen LogP) is 2.79. The van der Waals surface area contributed by atoms with Gasteiger partial charge < -0.3 is 25.5 Å². The standard InChI is InChI=1S/C21H19N3O5/c22-20(26)15-7-1-4-10-18(15)24-19(25)13-29-21(27)16-8-2-3-9-17(16)23-12-14-6-5-11-28-14/h1-11,23H,12-13H2,(H2,22,26)(H,24,25). The molecular formula is C21H19N3O5. The van der Waals surface area contributed by atoms with Crippen LogP contribution in [0.5, 0.6) is 0 Å². The number of nitrogens with two attached hydrogens (primary N) is 1. The zero-order valence-corrected chi connectivity index (χ0v) is 15.4. The highest BCUT2D eigenvalue weighted by Crippen LogP contribution is 2.18. The Hall–Kier alpha value is -4.07. The molecule has 0 fully saturated rings. The number of hydrogen-bond acceptors (Lipinski definition) is 6. The number of carbonyl (C=O) groups is 3. The number of nitrogens with one attached hydrogen (secondary N) is 2. The molecule has 0 aliphatic rings. The zero-order chi connectivity index (χ0) is 20.6. The Morgan fingerprint density at radius 3 is 2.28 bits per heavy atom. The summed E-state index contributed by atoms with van der Waals surface area (Å²) in [4.78, 5) is 36.0. The monoisotopic (exact) mass is 393 g/mol. The van der Waals surface area contributed by atoms with E-state index < -0.39 is 24.4 Å². The number of esters is 1. The van der Waals surface area contributed by atoms with E-state index >= 15 is 0 Å². The van der Waals surface area contributed by atoms with E-state index in [9.17, 15) is 14.4 Å². The van der Waals surface area contributed by atoms with E-state index in [4.69, 9.17) is 14.9 Å². The molecule has 0 saturated heterocycles. The highest BCUT2D eigenvalue weighted by molar-refractivity contribution is 6.04. The molecular weight excluding hydrogens is 374 g/mol. The van der Waals surface area contributed by atoms with Crippen LogP contribution in [0.2, 0.25) is 0 Å². The number of primary amides is 1. The molecule has 148 valence electrons. The van der Waals surface area contributed by atoms with Crippen molar-refractivity contribution in [3.05, 3.63) is 83.8 Å². The summed E-state index contributed by atoms with van der Waals surface area (Å²) in [6.45, 7) is -0.125. The number of furan rings is 1. The summed E-state index contributed by atoms with van der Waals surface area (Å²) in [6.07, 6.45) is 1.56. The van der Waals surface area contributed by atoms with Crippen LogP contribution >= 0.6 is 0 Å². The average Bonchev–Trinajstić information content (AvgIpc) is 3.24. The van der Waals surface area contributed by atoms with E-state index in [2.05, 4.69) is 10.6 Å². The second-order valence-electron chi connectivity index (χ2n) is 6.01. The van der Waals surface area contributed by atoms with E-state index in [0.717, 1.165) is 0 Å². The van der Waals surface area contributed by atoms with E-state index in [1.807, 2.05) is 6.07 Å². The van der Waals surface area contributed by atoms with Gasteiger partial charge in [-0.1, -0.05) is 24.3 Å².